The quantitative estimate of drug-likeness (QED) is 0.309. The lowest BCUT2D eigenvalue weighted by atomic mass is 9.52. The number of rotatable bonds is 8. The van der Waals surface area contributed by atoms with E-state index in [1.165, 1.54) is 6.92 Å². The van der Waals surface area contributed by atoms with Crippen LogP contribution in [0.4, 0.5) is 36.4 Å². The number of ether oxygens (including phenoxy) is 3. The summed E-state index contributed by atoms with van der Waals surface area (Å²) >= 11 is 0. The molecule has 0 bridgehead atoms. The number of anilines is 1. The Kier molecular flexibility index (Phi) is 8.55. The van der Waals surface area contributed by atoms with Crippen molar-refractivity contribution in [3.05, 3.63) is 70.8 Å². The number of nitrogens with zero attached hydrogens (tertiary/aromatic N) is 1. The minimum Gasteiger partial charge on any atom is -0.512 e. The normalized spacial score (nSPS) is 12.0. The number of alkyl halides is 6. The van der Waals surface area contributed by atoms with Crippen molar-refractivity contribution in [2.45, 2.75) is 24.8 Å². The number of aromatic nitrogens is 1. The van der Waals surface area contributed by atoms with Crippen molar-refractivity contribution in [2.24, 2.45) is 5.73 Å². The number of hydrogen-bond donors (Lipinski definition) is 2. The minimum absolute atomic E-state index is 0.00869. The first-order valence-electron chi connectivity index (χ1n) is 10.9. The summed E-state index contributed by atoms with van der Waals surface area (Å²) < 4.78 is 108. The lowest BCUT2D eigenvalue weighted by molar-refractivity contribution is -0.274. The van der Waals surface area contributed by atoms with E-state index >= 15 is 4.39 Å². The average Bonchev–Trinajstić information content (AvgIpc) is 2.79. The van der Waals surface area contributed by atoms with Gasteiger partial charge in [-0.1, -0.05) is 0 Å². The number of hydrogen-bond acceptors (Lipinski definition) is 6. The number of nitrogens with one attached hydrogen (secondary N) is 1. The molecule has 3 N–H and O–H groups in total. The first-order chi connectivity index (χ1) is 18.7. The number of halogens is 7. The maximum Gasteiger partial charge on any atom is 0.573 e. The first kappa shape index (κ1) is 31.2. The zero-order valence-corrected chi connectivity index (χ0v) is 20.5. The van der Waals surface area contributed by atoms with Crippen molar-refractivity contribution in [1.29, 1.82) is 0 Å². The molecule has 3 rings (SSSR count). The zero-order chi connectivity index (χ0) is 30.9. The third kappa shape index (κ3) is 8.08. The van der Waals surface area contributed by atoms with Crippen LogP contribution in [0.15, 0.2) is 42.5 Å². The van der Waals surface area contributed by atoms with Crippen LogP contribution in [0, 0.1) is 12.7 Å². The van der Waals surface area contributed by atoms with E-state index in [2.05, 4.69) is 15.0 Å². The summed E-state index contributed by atoms with van der Waals surface area (Å²) in [4.78, 5) is 28.2. The van der Waals surface area contributed by atoms with E-state index in [1.807, 2.05) is 0 Å². The Balaban J connectivity index is 2.11. The molecule has 208 valence electrons. The Hall–Kier alpha value is -4.37. The number of aryl methyl sites for hydroxylation is 1. The van der Waals surface area contributed by atoms with Gasteiger partial charge in [0.05, 0.1) is 16.9 Å². The molecule has 0 saturated carbocycles. The SMILES string of the molecule is [B]C([B])([B])Oc1cc(OC(F)(F)F)ccc1Oc1ccc(C(F)(F)F)c(F)c1C(=O)Nc1ccc(C(N)=O)nc1C. The van der Waals surface area contributed by atoms with Gasteiger partial charge in [-0.3, -0.25) is 9.59 Å². The Morgan fingerprint density at radius 1 is 0.902 bits per heavy atom. The number of nitrogens with two attached hydrogens (primary N) is 1. The maximum absolute atomic E-state index is 15.2. The molecule has 41 heavy (non-hydrogen) atoms. The molecule has 3 aromatic rings. The van der Waals surface area contributed by atoms with E-state index in [0.29, 0.717) is 18.2 Å². The molecule has 2 amide bonds. The van der Waals surface area contributed by atoms with Crippen LogP contribution in [0.25, 0.3) is 0 Å². The third-order valence-corrected chi connectivity index (χ3v) is 4.88. The van der Waals surface area contributed by atoms with Gasteiger partial charge < -0.3 is 25.3 Å². The number of benzene rings is 2. The van der Waals surface area contributed by atoms with E-state index < -0.39 is 69.6 Å². The Morgan fingerprint density at radius 3 is 2.07 bits per heavy atom. The molecular weight excluding hydrogens is 564 g/mol. The second-order valence-corrected chi connectivity index (χ2v) is 8.16. The summed E-state index contributed by atoms with van der Waals surface area (Å²) in [6.45, 7) is 1.31. The molecule has 18 heteroatoms. The van der Waals surface area contributed by atoms with Gasteiger partial charge in [-0.25, -0.2) is 9.37 Å². The Morgan fingerprint density at radius 2 is 1.54 bits per heavy atom. The Bertz CT molecular complexity index is 1500. The molecule has 0 fully saturated rings. The fraction of sp³-hybridized carbons (Fsp3) is 0.174. The van der Waals surface area contributed by atoms with Gasteiger partial charge in [0.1, 0.15) is 46.3 Å². The van der Waals surface area contributed by atoms with Crippen LogP contribution < -0.4 is 25.3 Å². The van der Waals surface area contributed by atoms with Crippen molar-refractivity contribution in [2.75, 3.05) is 5.32 Å². The molecule has 1 heterocycles. The van der Waals surface area contributed by atoms with Crippen molar-refractivity contribution < 1.29 is 54.5 Å². The summed E-state index contributed by atoms with van der Waals surface area (Å²) in [6, 6.07) is 5.12. The van der Waals surface area contributed by atoms with Gasteiger partial charge in [0.25, 0.3) is 11.8 Å². The molecule has 0 aliphatic rings. The lowest BCUT2D eigenvalue weighted by Gasteiger charge is -2.25. The predicted molar refractivity (Wildman–Crippen MR) is 131 cm³/mol. The van der Waals surface area contributed by atoms with Gasteiger partial charge in [0.15, 0.2) is 17.3 Å². The van der Waals surface area contributed by atoms with Gasteiger partial charge in [0, 0.05) is 6.07 Å². The molecule has 0 unspecified atom stereocenters. The second kappa shape index (κ2) is 11.3. The van der Waals surface area contributed by atoms with Crippen LogP contribution in [0.3, 0.4) is 0 Å². The topological polar surface area (TPSA) is 113 Å². The summed E-state index contributed by atoms with van der Waals surface area (Å²) in [5, 5.41) is -0.363. The van der Waals surface area contributed by atoms with E-state index in [0.717, 1.165) is 18.2 Å². The summed E-state index contributed by atoms with van der Waals surface area (Å²) in [5.41, 5.74) is 1.66. The fourth-order valence-corrected chi connectivity index (χ4v) is 3.25. The largest absolute Gasteiger partial charge is 0.573 e. The van der Waals surface area contributed by atoms with Crippen LogP contribution in [0.5, 0.6) is 23.0 Å². The van der Waals surface area contributed by atoms with Gasteiger partial charge in [0.2, 0.25) is 0 Å². The molecular formula is C23H13B3F7N3O5. The number of pyridine rings is 1. The van der Waals surface area contributed by atoms with Crippen molar-refractivity contribution >= 4 is 41.0 Å². The minimum atomic E-state index is -5.25. The van der Waals surface area contributed by atoms with Crippen molar-refractivity contribution in [3.63, 3.8) is 0 Å². The predicted octanol–water partition coefficient (Wildman–Crippen LogP) is 4.09. The molecule has 0 saturated heterocycles. The standard InChI is InChI=1S/C23H13B3F7N3O5/c1-9-12(4-5-13(35-9)19(34)37)36-20(38)17-15(7-3-11(18(17)27)21(28,29)30)39-14-6-2-10(40-23(31,32)33)8-16(14)41-22(24,25)26/h2-8H,1H3,(H2,34,37)(H,36,38). The van der Waals surface area contributed by atoms with Crippen LogP contribution in [-0.4, -0.2) is 52.0 Å². The van der Waals surface area contributed by atoms with Gasteiger partial charge in [-0.05, 0) is 48.6 Å². The highest BCUT2D eigenvalue weighted by Crippen LogP contribution is 2.41. The van der Waals surface area contributed by atoms with Crippen LogP contribution in [-0.2, 0) is 6.18 Å². The summed E-state index contributed by atoms with van der Waals surface area (Å²) in [6.07, 6.45) is -10.4. The van der Waals surface area contributed by atoms with Crippen molar-refractivity contribution in [3.8, 4) is 23.0 Å². The van der Waals surface area contributed by atoms with E-state index in [-0.39, 0.29) is 23.1 Å². The number of primary amides is 1. The third-order valence-electron chi connectivity index (χ3n) is 4.88. The van der Waals surface area contributed by atoms with Gasteiger partial charge >= 0.3 is 12.5 Å². The van der Waals surface area contributed by atoms with E-state index in [9.17, 15) is 35.9 Å². The van der Waals surface area contributed by atoms with Crippen molar-refractivity contribution in [1.82, 2.24) is 4.98 Å². The van der Waals surface area contributed by atoms with Crippen LogP contribution in [0.1, 0.15) is 32.1 Å². The highest BCUT2D eigenvalue weighted by atomic mass is 19.4. The molecule has 1 aromatic heterocycles. The monoisotopic (exact) mass is 577 g/mol. The smallest absolute Gasteiger partial charge is 0.512 e. The molecule has 0 spiro atoms. The first-order valence-corrected chi connectivity index (χ1v) is 10.9. The summed E-state index contributed by atoms with van der Waals surface area (Å²) in [7, 11) is 16.0. The number of carbonyl (C=O) groups excluding carboxylic acids is 2. The zero-order valence-electron chi connectivity index (χ0n) is 20.5. The molecule has 0 aliphatic heterocycles. The van der Waals surface area contributed by atoms with E-state index in [4.69, 9.17) is 38.7 Å². The molecule has 0 atom stereocenters. The van der Waals surface area contributed by atoms with Gasteiger partial charge in [-0.2, -0.15) is 13.2 Å². The molecule has 6 radical (unpaired) electrons. The highest BCUT2D eigenvalue weighted by molar-refractivity contribution is 6.58. The number of amides is 2. The molecule has 8 nitrogen and oxygen atoms in total. The fourth-order valence-electron chi connectivity index (χ4n) is 3.25. The highest BCUT2D eigenvalue weighted by Gasteiger charge is 2.38. The second-order valence-electron chi connectivity index (χ2n) is 8.16. The van der Waals surface area contributed by atoms with Gasteiger partial charge in [-0.15, -0.1) is 13.2 Å². The molecule has 2 aromatic carbocycles. The average molecular weight is 577 g/mol. The summed E-state index contributed by atoms with van der Waals surface area (Å²) in [5.74, 6) is -7.49. The number of carbonyl (C=O) groups is 2. The van der Waals surface area contributed by atoms with Crippen LogP contribution >= 0.6 is 0 Å². The van der Waals surface area contributed by atoms with Crippen LogP contribution in [0.2, 0.25) is 0 Å². The Labute approximate surface area is 230 Å². The lowest BCUT2D eigenvalue weighted by Crippen LogP contribution is -2.37. The maximum atomic E-state index is 15.2. The molecule has 0 aliphatic carbocycles. The van der Waals surface area contributed by atoms with E-state index in [1.54, 1.807) is 0 Å².